The van der Waals surface area contributed by atoms with E-state index in [1.165, 1.54) is 13.0 Å². The fourth-order valence-electron chi connectivity index (χ4n) is 3.39. The van der Waals surface area contributed by atoms with Gasteiger partial charge in [-0.1, -0.05) is 6.07 Å². The van der Waals surface area contributed by atoms with Crippen molar-refractivity contribution in [2.75, 3.05) is 19.6 Å². The molecule has 4 heteroatoms. The van der Waals surface area contributed by atoms with Crippen molar-refractivity contribution >= 4 is 16.8 Å². The third-order valence-electron chi connectivity index (χ3n) is 4.47. The highest BCUT2D eigenvalue weighted by Gasteiger charge is 2.38. The minimum atomic E-state index is 0.0512. The van der Waals surface area contributed by atoms with Crippen molar-refractivity contribution in [3.8, 4) is 0 Å². The Bertz CT molecular complexity index is 633. The van der Waals surface area contributed by atoms with Crippen LogP contribution in [-0.4, -0.2) is 41.5 Å². The summed E-state index contributed by atoms with van der Waals surface area (Å²) in [4.78, 5) is 17.9. The molecule has 3 atom stereocenters. The van der Waals surface area contributed by atoms with Crippen LogP contribution < -0.4 is 5.32 Å². The Labute approximate surface area is 111 Å². The van der Waals surface area contributed by atoms with E-state index in [1.54, 1.807) is 0 Å². The zero-order valence-electron chi connectivity index (χ0n) is 10.7. The number of carbonyl (C=O) groups excluding carboxylic acids is 1. The minimum Gasteiger partial charge on any atom is -0.361 e. The first kappa shape index (κ1) is 11.1. The molecule has 19 heavy (non-hydrogen) atoms. The van der Waals surface area contributed by atoms with Crippen LogP contribution in [0.2, 0.25) is 0 Å². The lowest BCUT2D eigenvalue weighted by Gasteiger charge is -2.23. The molecule has 2 bridgehead atoms. The largest absolute Gasteiger partial charge is 0.361 e. The van der Waals surface area contributed by atoms with Gasteiger partial charge < -0.3 is 15.2 Å². The molecule has 4 rings (SSSR count). The average molecular weight is 255 g/mol. The van der Waals surface area contributed by atoms with E-state index < -0.39 is 0 Å². The number of hydrogen-bond acceptors (Lipinski definition) is 2. The quantitative estimate of drug-likeness (QED) is 0.856. The van der Waals surface area contributed by atoms with Crippen LogP contribution in [0.25, 0.3) is 10.9 Å². The summed E-state index contributed by atoms with van der Waals surface area (Å²) in [6, 6.07) is 8.17. The highest BCUT2D eigenvalue weighted by molar-refractivity contribution is 5.98. The number of piperidine rings is 1. The minimum absolute atomic E-state index is 0.0512. The molecule has 0 radical (unpaired) electrons. The molecule has 0 spiro atoms. The summed E-state index contributed by atoms with van der Waals surface area (Å²) in [5.74, 6) is 0.702. The van der Waals surface area contributed by atoms with Gasteiger partial charge in [0.05, 0.1) is 0 Å². The molecule has 2 aliphatic rings. The second-order valence-corrected chi connectivity index (χ2v) is 5.67. The van der Waals surface area contributed by atoms with E-state index in [0.29, 0.717) is 12.0 Å². The second kappa shape index (κ2) is 4.10. The molecule has 1 aromatic heterocycles. The van der Waals surface area contributed by atoms with Gasteiger partial charge in [0.2, 0.25) is 0 Å². The predicted octanol–water partition coefficient (Wildman–Crippen LogP) is 1.60. The van der Waals surface area contributed by atoms with Crippen molar-refractivity contribution in [1.29, 1.82) is 0 Å². The molecular formula is C15H17N3O. The smallest absolute Gasteiger partial charge is 0.251 e. The summed E-state index contributed by atoms with van der Waals surface area (Å²) in [6.07, 6.45) is 3.12. The molecule has 1 aromatic carbocycles. The van der Waals surface area contributed by atoms with Crippen molar-refractivity contribution in [3.05, 3.63) is 36.0 Å². The van der Waals surface area contributed by atoms with Crippen molar-refractivity contribution in [2.24, 2.45) is 5.92 Å². The number of rotatable bonds is 2. The van der Waals surface area contributed by atoms with Gasteiger partial charge in [0.15, 0.2) is 0 Å². The molecule has 98 valence electrons. The van der Waals surface area contributed by atoms with Gasteiger partial charge in [-0.3, -0.25) is 4.79 Å². The van der Waals surface area contributed by atoms with Gasteiger partial charge in [-0.15, -0.1) is 0 Å². The fraction of sp³-hybridized carbons (Fsp3) is 0.400. The average Bonchev–Trinajstić information content (AvgIpc) is 3.13. The summed E-state index contributed by atoms with van der Waals surface area (Å²) in [7, 11) is 0. The van der Waals surface area contributed by atoms with Crippen LogP contribution in [0.1, 0.15) is 16.8 Å². The van der Waals surface area contributed by atoms with E-state index in [9.17, 15) is 4.79 Å². The fourth-order valence-corrected chi connectivity index (χ4v) is 3.39. The number of nitrogens with zero attached hydrogens (tertiary/aromatic N) is 1. The molecule has 2 fully saturated rings. The Hall–Kier alpha value is -1.81. The number of hydrogen-bond donors (Lipinski definition) is 2. The maximum atomic E-state index is 12.3. The van der Waals surface area contributed by atoms with Gasteiger partial charge in [0.1, 0.15) is 0 Å². The molecule has 2 aromatic rings. The van der Waals surface area contributed by atoms with Crippen LogP contribution in [0.15, 0.2) is 30.5 Å². The van der Waals surface area contributed by atoms with Gasteiger partial charge in [-0.2, -0.15) is 0 Å². The number of benzene rings is 1. The zero-order valence-corrected chi connectivity index (χ0v) is 10.7. The predicted molar refractivity (Wildman–Crippen MR) is 74.1 cm³/mol. The number of nitrogens with one attached hydrogen (secondary N) is 2. The number of aromatic nitrogens is 1. The lowest BCUT2D eigenvalue weighted by atomic mass is 9.99. The Morgan fingerprint density at radius 3 is 3.05 bits per heavy atom. The van der Waals surface area contributed by atoms with Gasteiger partial charge >= 0.3 is 0 Å². The summed E-state index contributed by atoms with van der Waals surface area (Å²) >= 11 is 0. The molecule has 0 saturated carbocycles. The lowest BCUT2D eigenvalue weighted by Crippen LogP contribution is -2.43. The lowest BCUT2D eigenvalue weighted by molar-refractivity contribution is 0.0924. The first-order valence-corrected chi connectivity index (χ1v) is 6.90. The zero-order chi connectivity index (χ0) is 12.8. The molecular weight excluding hydrogens is 238 g/mol. The molecule has 1 unspecified atom stereocenters. The van der Waals surface area contributed by atoms with Crippen LogP contribution in [0, 0.1) is 5.92 Å². The first-order valence-electron chi connectivity index (χ1n) is 6.90. The van der Waals surface area contributed by atoms with E-state index in [4.69, 9.17) is 0 Å². The van der Waals surface area contributed by atoms with E-state index in [0.717, 1.165) is 29.6 Å². The highest BCUT2D eigenvalue weighted by Crippen LogP contribution is 2.28. The van der Waals surface area contributed by atoms with Gasteiger partial charge in [-0.25, -0.2) is 0 Å². The van der Waals surface area contributed by atoms with Crippen molar-refractivity contribution in [1.82, 2.24) is 15.2 Å². The maximum absolute atomic E-state index is 12.3. The summed E-state index contributed by atoms with van der Waals surface area (Å²) in [6.45, 7) is 3.37. The SMILES string of the molecule is O=C(N[C@H]1CN2CC[C@@H]1C2)c1ccc2cc[nH]c2c1. The van der Waals surface area contributed by atoms with Gasteiger partial charge in [0.25, 0.3) is 5.91 Å². The summed E-state index contributed by atoms with van der Waals surface area (Å²) in [5.41, 5.74) is 1.76. The third-order valence-corrected chi connectivity index (χ3v) is 4.47. The van der Waals surface area contributed by atoms with Crippen molar-refractivity contribution < 1.29 is 4.79 Å². The molecule has 2 aliphatic heterocycles. The topological polar surface area (TPSA) is 48.1 Å². The number of amides is 1. The number of H-pyrrole nitrogens is 1. The van der Waals surface area contributed by atoms with Crippen molar-refractivity contribution in [2.45, 2.75) is 12.5 Å². The Kier molecular flexibility index (Phi) is 2.38. The van der Waals surface area contributed by atoms with Crippen LogP contribution in [0.3, 0.4) is 0 Å². The molecule has 3 heterocycles. The normalized spacial score (nSPS) is 28.9. The maximum Gasteiger partial charge on any atom is 0.251 e. The summed E-state index contributed by atoms with van der Waals surface area (Å²) < 4.78 is 0. The van der Waals surface area contributed by atoms with Gasteiger partial charge in [0, 0.05) is 36.4 Å². The monoisotopic (exact) mass is 255 g/mol. The number of fused-ring (bicyclic) bond motifs is 3. The second-order valence-electron chi connectivity index (χ2n) is 5.67. The van der Waals surface area contributed by atoms with Crippen LogP contribution in [0.4, 0.5) is 0 Å². The van der Waals surface area contributed by atoms with Crippen molar-refractivity contribution in [3.63, 3.8) is 0 Å². The number of carbonyl (C=O) groups is 1. The molecule has 2 N–H and O–H groups in total. The molecule has 1 amide bonds. The molecule has 2 saturated heterocycles. The van der Waals surface area contributed by atoms with Crippen LogP contribution >= 0.6 is 0 Å². The van der Waals surface area contributed by atoms with Crippen LogP contribution in [-0.2, 0) is 0 Å². The number of aromatic amines is 1. The van der Waals surface area contributed by atoms with Gasteiger partial charge in [-0.05, 0) is 42.5 Å². The third kappa shape index (κ3) is 1.83. The first-order chi connectivity index (χ1) is 9.29. The molecule has 0 aliphatic carbocycles. The Morgan fingerprint density at radius 2 is 2.26 bits per heavy atom. The Balaban J connectivity index is 1.53. The van der Waals surface area contributed by atoms with Crippen LogP contribution in [0.5, 0.6) is 0 Å². The van der Waals surface area contributed by atoms with E-state index in [1.807, 2.05) is 30.5 Å². The highest BCUT2D eigenvalue weighted by atomic mass is 16.1. The van der Waals surface area contributed by atoms with E-state index >= 15 is 0 Å². The van der Waals surface area contributed by atoms with E-state index in [2.05, 4.69) is 15.2 Å². The Morgan fingerprint density at radius 1 is 1.32 bits per heavy atom. The molecule has 4 nitrogen and oxygen atoms in total. The standard InChI is InChI=1S/C15H17N3O/c19-15(17-14-9-18-6-4-12(14)8-18)11-2-1-10-3-5-16-13(10)7-11/h1-3,5,7,12,14,16H,4,6,8-9H2,(H,17,19)/t12-,14+/m1/s1. The van der Waals surface area contributed by atoms with E-state index in [-0.39, 0.29) is 5.91 Å². The summed E-state index contributed by atoms with van der Waals surface area (Å²) in [5, 5.41) is 4.33.